The van der Waals surface area contributed by atoms with Gasteiger partial charge in [0, 0.05) is 16.4 Å². The van der Waals surface area contributed by atoms with Crippen molar-refractivity contribution in [2.24, 2.45) is 213 Å². The van der Waals surface area contributed by atoms with Crippen molar-refractivity contribution in [2.45, 2.75) is 513 Å². The van der Waals surface area contributed by atoms with Crippen LogP contribution < -0.4 is 0 Å². The van der Waals surface area contributed by atoms with Crippen LogP contribution in [-0.4, -0.2) is 0 Å². The van der Waals surface area contributed by atoms with Gasteiger partial charge in [0.05, 0.1) is 0 Å². The van der Waals surface area contributed by atoms with Crippen LogP contribution in [0, 0.1) is 213 Å². The Morgan fingerprint density at radius 1 is 0.122 bits per heavy atom. The van der Waals surface area contributed by atoms with Crippen LogP contribution in [0.4, 0.5) is 0 Å². The zero-order valence-electron chi connectivity index (χ0n) is 91.2. The minimum absolute atomic E-state index is 0.0231. The predicted molar refractivity (Wildman–Crippen MR) is 503 cm³/mol. The molecule has 0 aromatic carbocycles. The van der Waals surface area contributed by atoms with E-state index in [0.717, 1.165) is 168 Å². The molecule has 0 amide bonds. The highest BCUT2D eigenvalue weighted by atomic mass is 14.5. The molecule has 32 aliphatic carbocycles. The van der Waals surface area contributed by atoms with Crippen molar-refractivity contribution >= 4 is 0 Å². The smallest absolute Gasteiger partial charge is 0.0306 e. The van der Waals surface area contributed by atoms with Crippen LogP contribution in [0.2, 0.25) is 0 Å². The summed E-state index contributed by atoms with van der Waals surface area (Å²) in [6, 6.07) is 0. The lowest BCUT2D eigenvalue weighted by Gasteiger charge is -2.56. The monoisotopic (exact) mass is 1600 g/mol. The molecule has 0 aliphatic heterocycles. The molecule has 0 N–H and O–H groups in total. The number of fused-ring (bicyclic) bond motifs is 37. The zero-order valence-corrected chi connectivity index (χ0v) is 79.2. The Balaban J connectivity index is 0.000000119. The number of hydrogen-bond acceptors (Lipinski definition) is 0. The van der Waals surface area contributed by atoms with E-state index in [0.29, 0.717) is 0 Å². The maximum Gasteiger partial charge on any atom is 0.0306 e. The summed E-state index contributed by atoms with van der Waals surface area (Å²) in [4.78, 5) is 0. The first kappa shape index (κ1) is 77.4. The first-order chi connectivity index (χ1) is 59.5. The highest BCUT2D eigenvalue weighted by molar-refractivity contribution is 4.99. The average molecular weight is 1600 g/mol. The highest BCUT2D eigenvalue weighted by Gasteiger charge is 2.49. The Morgan fingerprint density at radius 2 is 0.313 bits per heavy atom. The fourth-order valence-corrected chi connectivity index (χ4v) is 30.3. The van der Waals surface area contributed by atoms with Crippen molar-refractivity contribution in [3.8, 4) is 0 Å². The maximum atomic E-state index is 8.31. The second-order valence-electron chi connectivity index (χ2n) is 48.5. The lowest BCUT2D eigenvalue weighted by atomic mass is 9.49. The minimum Gasteiger partial charge on any atom is -0.0625 e. The van der Waals surface area contributed by atoms with Gasteiger partial charge in [-0.3, -0.25) is 0 Å². The largest absolute Gasteiger partial charge is 0.0625 e. The van der Waals surface area contributed by atoms with E-state index in [1.165, 1.54) is 405 Å². The van der Waals surface area contributed by atoms with Gasteiger partial charge >= 0.3 is 0 Å². The number of hydrogen-bond donors (Lipinski definition) is 0. The van der Waals surface area contributed by atoms with Crippen LogP contribution in [-0.2, 0) is 0 Å². The van der Waals surface area contributed by atoms with Gasteiger partial charge in [0.15, 0.2) is 0 Å². The average Bonchev–Trinajstić information content (AvgIpc) is 1.67. The third-order valence-corrected chi connectivity index (χ3v) is 38.3. The summed E-state index contributed by atoms with van der Waals surface area (Å²) in [6.45, 7) is 25.4. The molecule has 115 heavy (non-hydrogen) atoms. The molecule has 32 fully saturated rings. The van der Waals surface area contributed by atoms with Gasteiger partial charge in [0.25, 0.3) is 0 Å². The second-order valence-corrected chi connectivity index (χ2v) is 48.5. The van der Waals surface area contributed by atoms with Crippen molar-refractivity contribution in [3.63, 3.8) is 0 Å². The van der Waals surface area contributed by atoms with Crippen molar-refractivity contribution in [1.82, 2.24) is 0 Å². The van der Waals surface area contributed by atoms with Crippen molar-refractivity contribution in [3.05, 3.63) is 0 Å². The van der Waals surface area contributed by atoms with Gasteiger partial charge in [-0.15, -0.1) is 0 Å². The molecule has 8 unspecified atom stereocenters. The summed E-state index contributed by atoms with van der Waals surface area (Å²) in [5, 5.41) is 0. The molecule has 0 aromatic heterocycles. The molecule has 32 rings (SSSR count). The molecule has 24 bridgehead atoms. The van der Waals surface area contributed by atoms with Crippen LogP contribution in [0.15, 0.2) is 0 Å². The van der Waals surface area contributed by atoms with E-state index in [9.17, 15) is 0 Å². The lowest BCUT2D eigenvalue weighted by Crippen LogP contribution is -2.48. The lowest BCUT2D eigenvalue weighted by molar-refractivity contribution is -0.0673. The standard InChI is InChI=1S/C13H24.2C12H22.2C11H20.3C9H16.2C8H14.C7H12.C6H10/c1-11-8-9-12-4-2-6-13(10-11)7-3-5-12;1-10-8-11-4-2-5-12(9-10)7-3-6-11;1-10-5-6-11-3-2-4-12(9-10)8-7-11;1-9-2-3-10-4-6-11(8-9)7-5-10;1-9-7-10-3-2-4-11(8-9)6-5-10;1-7-6-8-2-4-9(7)5-3-8;1-7-2-3-8-5-9(4-7)6-8;1-7-5-8-3-2-4-9(7)6-8;1-6-2-7-4-8(3-6)5-7;1-6-4-7-2-3-8(6)5-7;1-5-2-6-3-7(5)4-6;1-4-5-2-6(4)3-5/h11-13H,2-10H2,1H3;2*10-12H,2-9H2,1H3;2*9-11H,2-8H2,1H3;3*7-9H,2-6H2,1H3;2*6-8H,2-5H2,1H3;5-7H,2-4H2,1H3;4-6H,2-3H2,1H3/t11-,12?,13?;;10-,11?,12?;9-,10?,11?;;3*7-,8?,9?;;6-,7?,8?;5-,6?,7?;/m1.11.111.11./s1/i11D;2*10D;2*9D;3*7D;2*6D;5D;4D. The van der Waals surface area contributed by atoms with Crippen molar-refractivity contribution in [2.75, 3.05) is 0 Å². The summed E-state index contributed by atoms with van der Waals surface area (Å²) < 4.78 is 95.9. The summed E-state index contributed by atoms with van der Waals surface area (Å²) in [6.07, 6.45) is 89.7. The quantitative estimate of drug-likeness (QED) is 0.227. The first-order valence-corrected chi connectivity index (χ1v) is 53.5. The van der Waals surface area contributed by atoms with E-state index in [4.69, 9.17) is 16.4 Å². The molecule has 0 spiro atoms. The Labute approximate surface area is 738 Å². The van der Waals surface area contributed by atoms with Crippen LogP contribution in [0.3, 0.4) is 0 Å². The van der Waals surface area contributed by atoms with E-state index in [1.54, 1.807) is 0 Å². The fraction of sp³-hybridized carbons (Fsp3) is 1.00. The van der Waals surface area contributed by atoms with Crippen LogP contribution in [0.25, 0.3) is 0 Å². The Morgan fingerprint density at radius 3 is 0.609 bits per heavy atom. The molecule has 666 valence electrons. The predicted octanol–water partition coefficient (Wildman–Crippen LogP) is 36.7. The normalized spacial score (nSPS) is 57.3. The molecule has 0 heterocycles. The molecule has 0 heteroatoms. The summed E-state index contributed by atoms with van der Waals surface area (Å²) in [5.41, 5.74) is 0. The van der Waals surface area contributed by atoms with Gasteiger partial charge in [-0.25, -0.2) is 0 Å². The molecule has 32 aliphatic rings. The topological polar surface area (TPSA) is 0 Å². The minimum atomic E-state index is -0.113. The van der Waals surface area contributed by atoms with Crippen molar-refractivity contribution in [1.29, 1.82) is 0 Å². The van der Waals surface area contributed by atoms with E-state index in [-0.39, 0.29) is 70.7 Å². The zero-order chi connectivity index (χ0) is 91.2. The van der Waals surface area contributed by atoms with E-state index in [1.807, 2.05) is 0 Å². The van der Waals surface area contributed by atoms with Gasteiger partial charge < -0.3 is 0 Å². The Hall–Kier alpha value is 0. The van der Waals surface area contributed by atoms with Gasteiger partial charge in [0.2, 0.25) is 0 Å². The summed E-state index contributed by atoms with van der Waals surface area (Å²) in [7, 11) is 0. The molecule has 0 nitrogen and oxygen atoms in total. The highest BCUT2D eigenvalue weighted by Crippen LogP contribution is 2.58. The summed E-state index contributed by atoms with van der Waals surface area (Å²) >= 11 is 0. The van der Waals surface area contributed by atoms with E-state index >= 15 is 0 Å². The first-order valence-electron chi connectivity index (χ1n) is 59.5. The van der Waals surface area contributed by atoms with E-state index < -0.39 is 0 Å². The molecule has 0 saturated heterocycles. The summed E-state index contributed by atoms with van der Waals surface area (Å²) in [5.74, 6) is 20.4. The molecule has 0 aromatic rings. The third kappa shape index (κ3) is 30.4. The van der Waals surface area contributed by atoms with Crippen LogP contribution in [0.5, 0.6) is 0 Å². The Bertz CT molecular complexity index is 3130. The molecule has 0 radical (unpaired) electrons. The van der Waals surface area contributed by atoms with Gasteiger partial charge in [-0.1, -0.05) is 340 Å². The fourth-order valence-electron chi connectivity index (χ4n) is 30.3. The van der Waals surface area contributed by atoms with Gasteiger partial charge in [-0.05, 0) is 386 Å². The van der Waals surface area contributed by atoms with E-state index in [2.05, 4.69) is 83.1 Å². The molecular formula is C115H206. The van der Waals surface area contributed by atoms with Crippen LogP contribution in [0.1, 0.15) is 530 Å². The molecule has 16 atom stereocenters. The molecule has 32 saturated carbocycles. The maximum absolute atomic E-state index is 8.31. The van der Waals surface area contributed by atoms with Gasteiger partial charge in [0.1, 0.15) is 0 Å². The van der Waals surface area contributed by atoms with Gasteiger partial charge in [-0.2, -0.15) is 0 Å². The SMILES string of the molecule is [2H]C1(C)C2CC1C2.[2H]C1(C)CC2CC(C2)C1.[2H]C1(C)CC2CCCC(CC2)C1.[2H]C1(C)CC2CCCC(CCC2)C1.[2H][C@@]1(C)CC2CC1C2.[2H][C@@]1(C)CC2CCC1C2.[2H][C@@]1(C)CC2CCC1CC2.[2H][C@@]1(C)CC2CCCC1C2.[2H][C@@]1(C)CCC2CC(C2)C1.[2H][C@@]1(C)CCC2CCC(CC2)C1.[2H][C@@]1(C)CCC2CCCC(CC2)C1.[2H][C@@]1(C)CCC2CCCC(CCC2)C1. The number of rotatable bonds is 0. The third-order valence-electron chi connectivity index (χ3n) is 38.3. The molecular weight excluding hydrogens is 1380 g/mol. The van der Waals surface area contributed by atoms with Crippen LogP contribution >= 0.6 is 0 Å². The Kier molecular flexibility index (Phi) is 32.0. The second kappa shape index (κ2) is 47.5. The van der Waals surface area contributed by atoms with Crippen molar-refractivity contribution < 1.29 is 16.4 Å².